The van der Waals surface area contributed by atoms with E-state index in [4.69, 9.17) is 39.5 Å². The quantitative estimate of drug-likeness (QED) is 0.413. The highest BCUT2D eigenvalue weighted by atomic mass is 79.9. The van der Waals surface area contributed by atoms with Gasteiger partial charge in [0.05, 0.1) is 5.02 Å². The Bertz CT molecular complexity index is 963. The maximum Gasteiger partial charge on any atom is 0.261 e. The van der Waals surface area contributed by atoms with Crippen molar-refractivity contribution >= 4 is 62.5 Å². The molecule has 0 aromatic heterocycles. The molecule has 1 unspecified atom stereocenters. The van der Waals surface area contributed by atoms with E-state index in [1.54, 1.807) is 43.3 Å². The first-order valence-electron chi connectivity index (χ1n) is 10.4. The van der Waals surface area contributed by atoms with Crippen molar-refractivity contribution in [3.63, 3.8) is 0 Å². The molecule has 32 heavy (non-hydrogen) atoms. The Kier molecular flexibility index (Phi) is 9.12. The van der Waals surface area contributed by atoms with Crippen molar-refractivity contribution in [2.75, 3.05) is 6.61 Å². The lowest BCUT2D eigenvalue weighted by Gasteiger charge is -2.30. The highest BCUT2D eigenvalue weighted by Gasteiger charge is 2.29. The first kappa shape index (κ1) is 25.2. The van der Waals surface area contributed by atoms with Crippen molar-refractivity contribution in [3.8, 4) is 5.75 Å². The molecule has 1 aliphatic rings. The second-order valence-electron chi connectivity index (χ2n) is 7.75. The summed E-state index contributed by atoms with van der Waals surface area (Å²) in [6.07, 6.45) is 4.10. The lowest BCUT2D eigenvalue weighted by molar-refractivity contribution is -0.142. The van der Waals surface area contributed by atoms with Gasteiger partial charge in [-0.2, -0.15) is 0 Å². The van der Waals surface area contributed by atoms with Crippen LogP contribution in [-0.2, 0) is 16.1 Å². The molecule has 0 bridgehead atoms. The maximum atomic E-state index is 13.2. The summed E-state index contributed by atoms with van der Waals surface area (Å²) in [5.41, 5.74) is 0.575. The van der Waals surface area contributed by atoms with Gasteiger partial charge in [-0.15, -0.1) is 0 Å². The van der Waals surface area contributed by atoms with Crippen LogP contribution in [0.2, 0.25) is 15.1 Å². The van der Waals surface area contributed by atoms with Crippen LogP contribution in [0.5, 0.6) is 5.75 Å². The van der Waals surface area contributed by atoms with E-state index in [2.05, 4.69) is 21.2 Å². The third-order valence-corrected chi connectivity index (χ3v) is 7.00. The first-order chi connectivity index (χ1) is 15.3. The number of nitrogens with zero attached hydrogens (tertiary/aromatic N) is 1. The second-order valence-corrected chi connectivity index (χ2v) is 9.89. The molecular weight excluding hydrogens is 539 g/mol. The molecule has 1 aliphatic carbocycles. The molecule has 1 fully saturated rings. The van der Waals surface area contributed by atoms with Crippen LogP contribution in [0.25, 0.3) is 0 Å². The van der Waals surface area contributed by atoms with E-state index >= 15 is 0 Å². The second kappa shape index (κ2) is 11.6. The van der Waals surface area contributed by atoms with Crippen molar-refractivity contribution in [1.82, 2.24) is 10.2 Å². The smallest absolute Gasteiger partial charge is 0.261 e. The van der Waals surface area contributed by atoms with Gasteiger partial charge in [0.15, 0.2) is 6.61 Å². The Balaban J connectivity index is 1.78. The molecule has 1 saturated carbocycles. The summed E-state index contributed by atoms with van der Waals surface area (Å²) < 4.78 is 6.45. The predicted molar refractivity (Wildman–Crippen MR) is 132 cm³/mol. The molecule has 0 heterocycles. The summed E-state index contributed by atoms with van der Waals surface area (Å²) in [5, 5.41) is 4.28. The van der Waals surface area contributed by atoms with E-state index in [0.29, 0.717) is 26.4 Å². The third-order valence-electron chi connectivity index (χ3n) is 5.50. The summed E-state index contributed by atoms with van der Waals surface area (Å²) in [6, 6.07) is 9.66. The van der Waals surface area contributed by atoms with Crippen LogP contribution in [0.15, 0.2) is 40.9 Å². The van der Waals surface area contributed by atoms with Crippen LogP contribution >= 0.6 is 50.7 Å². The van der Waals surface area contributed by atoms with Crippen LogP contribution in [0.3, 0.4) is 0 Å². The zero-order chi connectivity index (χ0) is 23.3. The van der Waals surface area contributed by atoms with Crippen LogP contribution < -0.4 is 10.1 Å². The number of carbonyl (C=O) groups is 2. The molecule has 2 aromatic rings. The highest BCUT2D eigenvalue weighted by Crippen LogP contribution is 2.29. The van der Waals surface area contributed by atoms with Crippen LogP contribution in [-0.4, -0.2) is 35.4 Å². The topological polar surface area (TPSA) is 58.6 Å². The van der Waals surface area contributed by atoms with Gasteiger partial charge in [-0.05, 0) is 50.1 Å². The molecule has 9 heteroatoms. The van der Waals surface area contributed by atoms with Crippen LogP contribution in [0, 0.1) is 0 Å². The van der Waals surface area contributed by atoms with Crippen LogP contribution in [0.1, 0.15) is 38.2 Å². The van der Waals surface area contributed by atoms with Crippen molar-refractivity contribution in [2.45, 2.75) is 51.2 Å². The van der Waals surface area contributed by atoms with E-state index in [1.165, 1.54) is 4.90 Å². The highest BCUT2D eigenvalue weighted by molar-refractivity contribution is 9.10. The van der Waals surface area contributed by atoms with Crippen molar-refractivity contribution < 1.29 is 14.3 Å². The van der Waals surface area contributed by atoms with Crippen LogP contribution in [0.4, 0.5) is 0 Å². The lowest BCUT2D eigenvalue weighted by atomic mass is 10.1. The molecule has 172 valence electrons. The molecule has 1 atom stereocenters. The normalized spacial score (nSPS) is 14.8. The SMILES string of the molecule is CC(C(=O)NC1CCCC1)N(Cc1c(Cl)cccc1Cl)C(=O)COc1ccc(Br)cc1Cl. The minimum atomic E-state index is -0.737. The van der Waals surface area contributed by atoms with E-state index in [-0.39, 0.29) is 31.0 Å². The largest absolute Gasteiger partial charge is 0.482 e. The number of rotatable bonds is 8. The molecule has 0 aliphatic heterocycles. The molecule has 3 rings (SSSR count). The van der Waals surface area contributed by atoms with Gasteiger partial charge in [-0.25, -0.2) is 0 Å². The van der Waals surface area contributed by atoms with Gasteiger partial charge in [-0.3, -0.25) is 9.59 Å². The van der Waals surface area contributed by atoms with E-state index < -0.39 is 6.04 Å². The monoisotopic (exact) mass is 560 g/mol. The Morgan fingerprint density at radius 2 is 1.78 bits per heavy atom. The van der Waals surface area contributed by atoms with Crippen molar-refractivity contribution in [3.05, 3.63) is 61.5 Å². The van der Waals surface area contributed by atoms with Gasteiger partial charge in [-0.1, -0.05) is 69.6 Å². The van der Waals surface area contributed by atoms with Gasteiger partial charge in [0.25, 0.3) is 5.91 Å². The first-order valence-corrected chi connectivity index (χ1v) is 12.3. The van der Waals surface area contributed by atoms with Gasteiger partial charge in [0.2, 0.25) is 5.91 Å². The number of hydrogen-bond donors (Lipinski definition) is 1. The molecule has 1 N–H and O–H groups in total. The molecule has 2 aromatic carbocycles. The van der Waals surface area contributed by atoms with Crippen molar-refractivity contribution in [2.24, 2.45) is 0 Å². The summed E-state index contributed by atoms with van der Waals surface area (Å²) in [7, 11) is 0. The fourth-order valence-corrected chi connectivity index (χ4v) is 4.89. The van der Waals surface area contributed by atoms with Gasteiger partial charge >= 0.3 is 0 Å². The number of amides is 2. The molecule has 0 saturated heterocycles. The summed E-state index contributed by atoms with van der Waals surface area (Å²) >= 11 is 22.2. The average molecular weight is 563 g/mol. The Labute approximate surface area is 211 Å². The van der Waals surface area contributed by atoms with Gasteiger partial charge in [0.1, 0.15) is 11.8 Å². The molecule has 0 spiro atoms. The minimum absolute atomic E-state index is 0.0774. The standard InChI is InChI=1S/C23H24BrCl3N2O3/c1-14(23(31)28-16-5-2-3-6-16)29(12-17-18(25)7-4-8-19(17)26)22(30)13-32-21-10-9-15(24)11-20(21)27/h4,7-11,14,16H,2-3,5-6,12-13H2,1H3,(H,28,31). The number of halogens is 4. The summed E-state index contributed by atoms with van der Waals surface area (Å²) in [4.78, 5) is 27.6. The lowest BCUT2D eigenvalue weighted by Crippen LogP contribution is -2.50. The molecular formula is C23H24BrCl3N2O3. The number of benzene rings is 2. The van der Waals surface area contributed by atoms with Gasteiger partial charge in [0, 0.05) is 32.7 Å². The van der Waals surface area contributed by atoms with E-state index in [1.807, 2.05) is 0 Å². The average Bonchev–Trinajstić information content (AvgIpc) is 3.25. The molecule has 5 nitrogen and oxygen atoms in total. The summed E-state index contributed by atoms with van der Waals surface area (Å²) in [5.74, 6) is -0.217. The van der Waals surface area contributed by atoms with E-state index in [9.17, 15) is 9.59 Å². The Hall–Kier alpha value is -1.47. The van der Waals surface area contributed by atoms with E-state index in [0.717, 1.165) is 30.2 Å². The number of hydrogen-bond acceptors (Lipinski definition) is 3. The number of carbonyl (C=O) groups excluding carboxylic acids is 2. The fraction of sp³-hybridized carbons (Fsp3) is 0.391. The number of ether oxygens (including phenoxy) is 1. The summed E-state index contributed by atoms with van der Waals surface area (Å²) in [6.45, 7) is 1.48. The zero-order valence-electron chi connectivity index (χ0n) is 17.5. The Morgan fingerprint density at radius 1 is 1.12 bits per heavy atom. The van der Waals surface area contributed by atoms with Crippen molar-refractivity contribution in [1.29, 1.82) is 0 Å². The molecule has 2 amide bonds. The zero-order valence-corrected chi connectivity index (χ0v) is 21.4. The minimum Gasteiger partial charge on any atom is -0.482 e. The third kappa shape index (κ3) is 6.53. The predicted octanol–water partition coefficient (Wildman–Crippen LogP) is 6.26. The van der Waals surface area contributed by atoms with Gasteiger partial charge < -0.3 is 15.0 Å². The fourth-order valence-electron chi connectivity index (χ4n) is 3.64. The number of nitrogens with one attached hydrogen (secondary N) is 1. The Morgan fingerprint density at radius 3 is 2.41 bits per heavy atom. The maximum absolute atomic E-state index is 13.2. The molecule has 0 radical (unpaired) electrons.